The number of urea groups is 1. The Bertz CT molecular complexity index is 961. The highest BCUT2D eigenvalue weighted by molar-refractivity contribution is 8.15. The quantitative estimate of drug-likeness (QED) is 0.717. The van der Waals surface area contributed by atoms with Crippen LogP contribution in [0.3, 0.4) is 0 Å². The molecule has 2 aliphatic rings. The maximum atomic E-state index is 12.6. The van der Waals surface area contributed by atoms with E-state index in [-0.39, 0.29) is 6.03 Å². The van der Waals surface area contributed by atoms with Crippen LogP contribution in [-0.2, 0) is 6.54 Å². The minimum Gasteiger partial charge on any atom is -0.334 e. The summed E-state index contributed by atoms with van der Waals surface area (Å²) < 4.78 is 0. The van der Waals surface area contributed by atoms with Crippen molar-refractivity contribution in [3.63, 3.8) is 0 Å². The molecule has 6 heteroatoms. The largest absolute Gasteiger partial charge is 0.334 e. The average molecular weight is 435 g/mol. The number of nitrogens with one attached hydrogen (secondary N) is 1. The normalized spacial score (nSPS) is 17.4. The van der Waals surface area contributed by atoms with Crippen LogP contribution < -0.4 is 5.32 Å². The SMILES string of the molecule is CCCSC1=NC2(CCN(C(=O)NCc3ccccc3)CC2)N=C1c1ccc(C)cc1. The summed E-state index contributed by atoms with van der Waals surface area (Å²) in [5, 5.41) is 4.08. The number of rotatable bonds is 5. The van der Waals surface area contributed by atoms with Crippen LogP contribution in [0.2, 0.25) is 0 Å². The van der Waals surface area contributed by atoms with Gasteiger partial charge < -0.3 is 10.2 Å². The van der Waals surface area contributed by atoms with Gasteiger partial charge in [-0.1, -0.05) is 67.1 Å². The van der Waals surface area contributed by atoms with Crippen LogP contribution in [0.1, 0.15) is 42.9 Å². The van der Waals surface area contributed by atoms with E-state index in [1.165, 1.54) is 5.56 Å². The zero-order chi connectivity index (χ0) is 21.7. The van der Waals surface area contributed by atoms with Gasteiger partial charge in [-0.2, -0.15) is 0 Å². The lowest BCUT2D eigenvalue weighted by Crippen LogP contribution is -2.48. The van der Waals surface area contributed by atoms with Gasteiger partial charge in [0.15, 0.2) is 5.66 Å². The van der Waals surface area contributed by atoms with Crippen molar-refractivity contribution in [3.05, 3.63) is 71.3 Å². The number of nitrogens with zero attached hydrogens (tertiary/aromatic N) is 3. The molecule has 0 unspecified atom stereocenters. The smallest absolute Gasteiger partial charge is 0.317 e. The molecule has 5 nitrogen and oxygen atoms in total. The third-order valence-corrected chi connectivity index (χ3v) is 6.91. The second kappa shape index (κ2) is 9.69. The monoisotopic (exact) mass is 434 g/mol. The lowest BCUT2D eigenvalue weighted by atomic mass is 9.98. The second-order valence-corrected chi connectivity index (χ2v) is 9.29. The number of benzene rings is 2. The molecule has 2 amide bonds. The molecule has 0 radical (unpaired) electrons. The molecule has 0 atom stereocenters. The number of hydrogen-bond donors (Lipinski definition) is 1. The number of aliphatic imine (C=N–C) groups is 2. The Labute approximate surface area is 189 Å². The van der Waals surface area contributed by atoms with Gasteiger partial charge in [-0.05, 0) is 24.7 Å². The number of aryl methyl sites for hydroxylation is 1. The second-order valence-electron chi connectivity index (χ2n) is 8.21. The Hall–Kier alpha value is -2.60. The summed E-state index contributed by atoms with van der Waals surface area (Å²) in [5.74, 6) is 1.04. The van der Waals surface area contributed by atoms with E-state index >= 15 is 0 Å². The van der Waals surface area contributed by atoms with Gasteiger partial charge in [-0.25, -0.2) is 9.79 Å². The number of amides is 2. The Morgan fingerprint density at radius 2 is 1.77 bits per heavy atom. The Morgan fingerprint density at radius 3 is 2.45 bits per heavy atom. The molecule has 1 fully saturated rings. The molecule has 0 aromatic heterocycles. The van der Waals surface area contributed by atoms with Gasteiger partial charge in [0, 0.05) is 38.0 Å². The van der Waals surface area contributed by atoms with E-state index in [1.54, 1.807) is 11.8 Å². The first-order valence-electron chi connectivity index (χ1n) is 11.1. The van der Waals surface area contributed by atoms with E-state index in [0.717, 1.165) is 46.9 Å². The first kappa shape index (κ1) is 21.6. The summed E-state index contributed by atoms with van der Waals surface area (Å²) in [6.07, 6.45) is 2.63. The van der Waals surface area contributed by atoms with Gasteiger partial charge in [0.25, 0.3) is 0 Å². The molecule has 1 saturated heterocycles. The molecule has 2 aromatic carbocycles. The summed E-state index contributed by atoms with van der Waals surface area (Å²) in [7, 11) is 0. The zero-order valence-electron chi connectivity index (χ0n) is 18.3. The standard InChI is InChI=1S/C25H30N4OS/c1-3-17-31-23-22(21-11-9-19(2)10-12-21)27-25(28-23)13-15-29(16-14-25)24(30)26-18-20-7-5-4-6-8-20/h4-12H,3,13-18H2,1-2H3,(H,26,30). The van der Waals surface area contributed by atoms with Gasteiger partial charge >= 0.3 is 6.03 Å². The molecule has 31 heavy (non-hydrogen) atoms. The van der Waals surface area contributed by atoms with Crippen molar-refractivity contribution < 1.29 is 4.79 Å². The van der Waals surface area contributed by atoms with Crippen LogP contribution in [0.15, 0.2) is 64.6 Å². The maximum absolute atomic E-state index is 12.6. The fourth-order valence-electron chi connectivity index (χ4n) is 3.90. The summed E-state index contributed by atoms with van der Waals surface area (Å²) in [6, 6.07) is 18.5. The van der Waals surface area contributed by atoms with Gasteiger partial charge in [0.05, 0.1) is 5.71 Å². The van der Waals surface area contributed by atoms with Crippen molar-refractivity contribution in [3.8, 4) is 0 Å². The topological polar surface area (TPSA) is 57.1 Å². The number of carbonyl (C=O) groups excluding carboxylic acids is 1. The van der Waals surface area contributed by atoms with E-state index in [0.29, 0.717) is 19.6 Å². The van der Waals surface area contributed by atoms with Crippen LogP contribution in [0.25, 0.3) is 0 Å². The van der Waals surface area contributed by atoms with Crippen LogP contribution in [0, 0.1) is 6.92 Å². The molecule has 162 valence electrons. The van der Waals surface area contributed by atoms with Gasteiger partial charge in [-0.3, -0.25) is 4.99 Å². The van der Waals surface area contributed by atoms with Gasteiger partial charge in [-0.15, -0.1) is 11.8 Å². The van der Waals surface area contributed by atoms with Crippen molar-refractivity contribution in [1.82, 2.24) is 10.2 Å². The van der Waals surface area contributed by atoms with Crippen molar-refractivity contribution in [2.24, 2.45) is 9.98 Å². The molecule has 0 bridgehead atoms. The number of hydrogen-bond acceptors (Lipinski definition) is 4. The van der Waals surface area contributed by atoms with E-state index in [9.17, 15) is 4.79 Å². The summed E-state index contributed by atoms with van der Waals surface area (Å²) in [4.78, 5) is 24.8. The molecule has 0 saturated carbocycles. The lowest BCUT2D eigenvalue weighted by molar-refractivity contribution is 0.163. The van der Waals surface area contributed by atoms with Crippen LogP contribution in [-0.4, -0.2) is 46.2 Å². The van der Waals surface area contributed by atoms with Crippen LogP contribution >= 0.6 is 11.8 Å². The predicted molar refractivity (Wildman–Crippen MR) is 130 cm³/mol. The molecule has 0 aliphatic carbocycles. The van der Waals surface area contributed by atoms with E-state index in [4.69, 9.17) is 9.98 Å². The van der Waals surface area contributed by atoms with Gasteiger partial charge in [0.2, 0.25) is 0 Å². The summed E-state index contributed by atoms with van der Waals surface area (Å²) >= 11 is 1.80. The number of carbonyl (C=O) groups is 1. The molecule has 4 rings (SSSR count). The fraction of sp³-hybridized carbons (Fsp3) is 0.400. The molecular formula is C25H30N4OS. The molecule has 2 aromatic rings. The summed E-state index contributed by atoms with van der Waals surface area (Å²) in [5.41, 5.74) is 4.07. The van der Waals surface area contributed by atoms with Crippen molar-refractivity contribution >= 4 is 28.5 Å². The molecular weight excluding hydrogens is 404 g/mol. The highest BCUT2D eigenvalue weighted by atomic mass is 32.2. The van der Waals surface area contributed by atoms with E-state index in [1.807, 2.05) is 35.2 Å². The lowest BCUT2D eigenvalue weighted by Gasteiger charge is -2.35. The third-order valence-electron chi connectivity index (χ3n) is 5.74. The minimum atomic E-state index is -0.424. The predicted octanol–water partition coefficient (Wildman–Crippen LogP) is 5.04. The minimum absolute atomic E-state index is 0.0102. The summed E-state index contributed by atoms with van der Waals surface area (Å²) in [6.45, 7) is 6.17. The third kappa shape index (κ3) is 5.18. The van der Waals surface area contributed by atoms with Crippen molar-refractivity contribution in [1.29, 1.82) is 0 Å². The van der Waals surface area contributed by atoms with Crippen molar-refractivity contribution in [2.45, 2.75) is 45.3 Å². The number of likely N-dealkylation sites (tertiary alicyclic amines) is 1. The molecule has 2 aliphatic heterocycles. The molecule has 2 heterocycles. The van der Waals surface area contributed by atoms with Crippen LogP contribution in [0.5, 0.6) is 0 Å². The first-order chi connectivity index (χ1) is 15.1. The number of thioether (sulfide) groups is 1. The van der Waals surface area contributed by atoms with E-state index in [2.05, 4.69) is 43.4 Å². The highest BCUT2D eigenvalue weighted by Crippen LogP contribution is 2.35. The van der Waals surface area contributed by atoms with E-state index < -0.39 is 5.66 Å². The highest BCUT2D eigenvalue weighted by Gasteiger charge is 2.40. The fourth-order valence-corrected chi connectivity index (χ4v) is 4.83. The first-order valence-corrected chi connectivity index (χ1v) is 12.0. The number of piperidine rings is 1. The Balaban J connectivity index is 1.42. The Morgan fingerprint density at radius 1 is 1.06 bits per heavy atom. The molecule has 1 spiro atoms. The van der Waals surface area contributed by atoms with Gasteiger partial charge in [0.1, 0.15) is 5.04 Å². The molecule has 1 N–H and O–H groups in total. The average Bonchev–Trinajstić information content (AvgIpc) is 3.15. The van der Waals surface area contributed by atoms with Crippen molar-refractivity contribution in [2.75, 3.05) is 18.8 Å². The van der Waals surface area contributed by atoms with Crippen LogP contribution in [0.4, 0.5) is 4.79 Å². The maximum Gasteiger partial charge on any atom is 0.317 e. The Kier molecular flexibility index (Phi) is 6.76. The zero-order valence-corrected chi connectivity index (χ0v) is 19.1.